The summed E-state index contributed by atoms with van der Waals surface area (Å²) < 4.78 is 18.8. The number of furan rings is 1. The summed E-state index contributed by atoms with van der Waals surface area (Å²) in [6.07, 6.45) is 7.04. The molecule has 3 nitrogen and oxygen atoms in total. The molecule has 1 unspecified atom stereocenters. The van der Waals surface area contributed by atoms with Crippen molar-refractivity contribution in [3.63, 3.8) is 0 Å². The lowest BCUT2D eigenvalue weighted by Crippen LogP contribution is -2.23. The van der Waals surface area contributed by atoms with Crippen LogP contribution in [0.3, 0.4) is 0 Å². The van der Waals surface area contributed by atoms with Crippen molar-refractivity contribution in [3.8, 4) is 0 Å². The first kappa shape index (κ1) is 11.8. The molecular weight excluding hydrogens is 219 g/mol. The zero-order valence-electron chi connectivity index (χ0n) is 9.69. The Bertz CT molecular complexity index is 456. The van der Waals surface area contributed by atoms with Gasteiger partial charge in [-0.15, -0.1) is 0 Å². The Hall–Kier alpha value is -1.68. The van der Waals surface area contributed by atoms with Crippen molar-refractivity contribution in [1.82, 2.24) is 10.3 Å². The highest BCUT2D eigenvalue weighted by Gasteiger charge is 2.17. The minimum absolute atomic E-state index is 0.184. The van der Waals surface area contributed by atoms with Crippen molar-refractivity contribution in [2.45, 2.75) is 19.4 Å². The van der Waals surface area contributed by atoms with E-state index in [-0.39, 0.29) is 11.9 Å². The number of nitrogens with one attached hydrogen (secondary N) is 1. The van der Waals surface area contributed by atoms with Crippen molar-refractivity contribution >= 4 is 0 Å². The Morgan fingerprint density at radius 2 is 2.35 bits per heavy atom. The third-order valence-electron chi connectivity index (χ3n) is 2.59. The maximum Gasteiger partial charge on any atom is 0.146 e. The van der Waals surface area contributed by atoms with Gasteiger partial charge in [-0.3, -0.25) is 4.98 Å². The maximum atomic E-state index is 13.7. The van der Waals surface area contributed by atoms with E-state index in [1.165, 1.54) is 6.20 Å². The van der Waals surface area contributed by atoms with Gasteiger partial charge in [-0.05, 0) is 25.1 Å². The van der Waals surface area contributed by atoms with Gasteiger partial charge in [0.2, 0.25) is 0 Å². The van der Waals surface area contributed by atoms with Crippen molar-refractivity contribution in [2.24, 2.45) is 0 Å². The molecule has 0 saturated carbocycles. The molecule has 0 aromatic carbocycles. The van der Waals surface area contributed by atoms with Gasteiger partial charge in [0.15, 0.2) is 0 Å². The van der Waals surface area contributed by atoms with Gasteiger partial charge < -0.3 is 9.73 Å². The number of hydrogen-bond acceptors (Lipinski definition) is 3. The zero-order chi connectivity index (χ0) is 12.1. The molecule has 1 N–H and O–H groups in total. The molecule has 0 aliphatic rings. The second kappa shape index (κ2) is 5.59. The molecule has 2 aromatic heterocycles. The largest absolute Gasteiger partial charge is 0.472 e. The third-order valence-corrected chi connectivity index (χ3v) is 2.59. The monoisotopic (exact) mass is 234 g/mol. The highest BCUT2D eigenvalue weighted by molar-refractivity contribution is 5.28. The van der Waals surface area contributed by atoms with Crippen LogP contribution in [0.25, 0.3) is 0 Å². The number of pyridine rings is 1. The number of aromatic nitrogens is 1. The van der Waals surface area contributed by atoms with E-state index in [0.717, 1.165) is 18.5 Å². The lowest BCUT2D eigenvalue weighted by molar-refractivity contribution is 0.528. The summed E-state index contributed by atoms with van der Waals surface area (Å²) in [6, 6.07) is 3.35. The van der Waals surface area contributed by atoms with Crippen molar-refractivity contribution < 1.29 is 8.81 Å². The molecule has 0 amide bonds. The van der Waals surface area contributed by atoms with Gasteiger partial charge in [-0.25, -0.2) is 4.39 Å². The Morgan fingerprint density at radius 1 is 1.47 bits per heavy atom. The van der Waals surface area contributed by atoms with Crippen LogP contribution in [0.2, 0.25) is 0 Å². The van der Waals surface area contributed by atoms with E-state index in [1.54, 1.807) is 24.8 Å². The fraction of sp³-hybridized carbons (Fsp3) is 0.308. The normalized spacial score (nSPS) is 12.6. The molecule has 2 heterocycles. The third kappa shape index (κ3) is 2.71. The Kier molecular flexibility index (Phi) is 3.88. The smallest absolute Gasteiger partial charge is 0.146 e. The van der Waals surface area contributed by atoms with Gasteiger partial charge in [-0.1, -0.05) is 6.92 Å². The van der Waals surface area contributed by atoms with Crippen molar-refractivity contribution in [2.75, 3.05) is 6.54 Å². The average molecular weight is 234 g/mol. The molecule has 4 heteroatoms. The van der Waals surface area contributed by atoms with Gasteiger partial charge >= 0.3 is 0 Å². The summed E-state index contributed by atoms with van der Waals surface area (Å²) in [6.45, 7) is 2.89. The SMILES string of the molecule is CCCNC(c1ccoc1)c1ccncc1F. The van der Waals surface area contributed by atoms with Crippen LogP contribution in [0, 0.1) is 5.82 Å². The molecular formula is C13H15FN2O. The Balaban J connectivity index is 2.30. The van der Waals surface area contributed by atoms with Crippen LogP contribution >= 0.6 is 0 Å². The summed E-state index contributed by atoms with van der Waals surface area (Å²) in [4.78, 5) is 3.76. The topological polar surface area (TPSA) is 38.1 Å². The molecule has 2 rings (SSSR count). The minimum Gasteiger partial charge on any atom is -0.472 e. The molecule has 0 spiro atoms. The van der Waals surface area contributed by atoms with Crippen LogP contribution in [0.1, 0.15) is 30.5 Å². The fourth-order valence-corrected chi connectivity index (χ4v) is 1.76. The number of nitrogens with zero attached hydrogens (tertiary/aromatic N) is 1. The van der Waals surface area contributed by atoms with Crippen LogP contribution < -0.4 is 5.32 Å². The quantitative estimate of drug-likeness (QED) is 0.864. The first-order valence-electron chi connectivity index (χ1n) is 5.67. The van der Waals surface area contributed by atoms with E-state index in [2.05, 4.69) is 17.2 Å². The summed E-state index contributed by atoms with van der Waals surface area (Å²) in [5.41, 5.74) is 1.51. The van der Waals surface area contributed by atoms with Gasteiger partial charge in [0, 0.05) is 17.3 Å². The number of rotatable bonds is 5. The van der Waals surface area contributed by atoms with Crippen LogP contribution in [0.5, 0.6) is 0 Å². The van der Waals surface area contributed by atoms with E-state index in [9.17, 15) is 4.39 Å². The zero-order valence-corrected chi connectivity index (χ0v) is 9.69. The molecule has 0 radical (unpaired) electrons. The predicted octanol–water partition coefficient (Wildman–Crippen LogP) is 2.90. The number of halogens is 1. The second-order valence-corrected chi connectivity index (χ2v) is 3.84. The molecule has 0 bridgehead atoms. The molecule has 0 aliphatic heterocycles. The van der Waals surface area contributed by atoms with E-state index in [4.69, 9.17) is 4.42 Å². The Labute approximate surface area is 99.7 Å². The fourth-order valence-electron chi connectivity index (χ4n) is 1.76. The summed E-state index contributed by atoms with van der Waals surface area (Å²) in [7, 11) is 0. The lowest BCUT2D eigenvalue weighted by atomic mass is 10.0. The standard InChI is InChI=1S/C13H15FN2O/c1-2-5-16-13(10-4-7-17-9-10)11-3-6-15-8-12(11)14/h3-4,6-9,13,16H,2,5H2,1H3. The maximum absolute atomic E-state index is 13.7. The molecule has 17 heavy (non-hydrogen) atoms. The lowest BCUT2D eigenvalue weighted by Gasteiger charge is -2.17. The highest BCUT2D eigenvalue weighted by atomic mass is 19.1. The minimum atomic E-state index is -0.303. The average Bonchev–Trinajstić information content (AvgIpc) is 2.85. The predicted molar refractivity (Wildman–Crippen MR) is 63.0 cm³/mol. The summed E-state index contributed by atoms with van der Waals surface area (Å²) in [5.74, 6) is -0.303. The summed E-state index contributed by atoms with van der Waals surface area (Å²) >= 11 is 0. The molecule has 0 fully saturated rings. The van der Waals surface area contributed by atoms with Crippen LogP contribution in [0.4, 0.5) is 4.39 Å². The van der Waals surface area contributed by atoms with Crippen molar-refractivity contribution in [3.05, 3.63) is 54.0 Å². The molecule has 0 saturated heterocycles. The second-order valence-electron chi connectivity index (χ2n) is 3.84. The van der Waals surface area contributed by atoms with E-state index in [0.29, 0.717) is 5.56 Å². The number of hydrogen-bond donors (Lipinski definition) is 1. The molecule has 2 aromatic rings. The van der Waals surface area contributed by atoms with Gasteiger partial charge in [-0.2, -0.15) is 0 Å². The highest BCUT2D eigenvalue weighted by Crippen LogP contribution is 2.24. The molecule has 1 atom stereocenters. The first-order chi connectivity index (χ1) is 8.33. The van der Waals surface area contributed by atoms with Crippen LogP contribution in [0.15, 0.2) is 41.5 Å². The Morgan fingerprint density at radius 3 is 3.00 bits per heavy atom. The first-order valence-corrected chi connectivity index (χ1v) is 5.67. The molecule has 0 aliphatic carbocycles. The van der Waals surface area contributed by atoms with Crippen LogP contribution in [-0.4, -0.2) is 11.5 Å². The van der Waals surface area contributed by atoms with E-state index in [1.807, 2.05) is 6.07 Å². The van der Waals surface area contributed by atoms with Crippen molar-refractivity contribution in [1.29, 1.82) is 0 Å². The van der Waals surface area contributed by atoms with E-state index >= 15 is 0 Å². The van der Waals surface area contributed by atoms with E-state index < -0.39 is 0 Å². The summed E-state index contributed by atoms with van der Waals surface area (Å²) in [5, 5.41) is 3.30. The van der Waals surface area contributed by atoms with Crippen LogP contribution in [-0.2, 0) is 0 Å². The van der Waals surface area contributed by atoms with Gasteiger partial charge in [0.05, 0.1) is 24.8 Å². The molecule has 90 valence electrons. The van der Waals surface area contributed by atoms with Gasteiger partial charge in [0.25, 0.3) is 0 Å². The van der Waals surface area contributed by atoms with Gasteiger partial charge in [0.1, 0.15) is 5.82 Å².